The average Bonchev–Trinajstić information content (AvgIpc) is 2.35. The monoisotopic (exact) mass is 271 g/mol. The van der Waals surface area contributed by atoms with Crippen LogP contribution in [0.4, 0.5) is 0 Å². The van der Waals surface area contributed by atoms with Crippen molar-refractivity contribution in [2.75, 3.05) is 20.7 Å². The molecule has 0 saturated carbocycles. The Kier molecular flexibility index (Phi) is 5.44. The first-order valence-corrected chi connectivity index (χ1v) is 6.10. The van der Waals surface area contributed by atoms with Gasteiger partial charge in [-0.25, -0.2) is 0 Å². The highest BCUT2D eigenvalue weighted by Gasteiger charge is 2.14. The number of methoxy groups -OCH3 is 1. The highest BCUT2D eigenvalue weighted by molar-refractivity contribution is 6.32. The molecule has 1 N–H and O–H groups in total. The van der Waals surface area contributed by atoms with E-state index < -0.39 is 6.10 Å². The molecular weight excluding hydrogens is 254 g/mol. The van der Waals surface area contributed by atoms with Gasteiger partial charge in [-0.15, -0.1) is 0 Å². The first-order valence-electron chi connectivity index (χ1n) is 5.72. The number of amides is 1. The quantitative estimate of drug-likeness (QED) is 0.893. The minimum atomic E-state index is -0.417. The van der Waals surface area contributed by atoms with Crippen molar-refractivity contribution in [2.24, 2.45) is 0 Å². The van der Waals surface area contributed by atoms with E-state index in [2.05, 4.69) is 0 Å². The number of hydrogen-bond acceptors (Lipinski definition) is 3. The summed E-state index contributed by atoms with van der Waals surface area (Å²) in [6.07, 6.45) is 0.132. The summed E-state index contributed by atoms with van der Waals surface area (Å²) in [7, 11) is 3.21. The highest BCUT2D eigenvalue weighted by Crippen LogP contribution is 2.25. The van der Waals surface area contributed by atoms with Crippen molar-refractivity contribution >= 4 is 17.5 Å². The lowest BCUT2D eigenvalue weighted by Gasteiger charge is -2.18. The van der Waals surface area contributed by atoms with Gasteiger partial charge in [-0.1, -0.05) is 11.6 Å². The maximum Gasteiger partial charge on any atom is 0.253 e. The molecule has 0 radical (unpaired) electrons. The smallest absolute Gasteiger partial charge is 0.253 e. The van der Waals surface area contributed by atoms with Crippen LogP contribution >= 0.6 is 11.6 Å². The van der Waals surface area contributed by atoms with E-state index in [0.717, 1.165) is 0 Å². The Hall–Kier alpha value is -1.26. The summed E-state index contributed by atoms with van der Waals surface area (Å²) >= 11 is 5.90. The van der Waals surface area contributed by atoms with E-state index in [0.29, 0.717) is 29.3 Å². The maximum absolute atomic E-state index is 12.1. The van der Waals surface area contributed by atoms with Gasteiger partial charge in [0.25, 0.3) is 5.91 Å². The second-order valence-electron chi connectivity index (χ2n) is 4.21. The maximum atomic E-state index is 12.1. The number of ether oxygens (including phenoxy) is 1. The van der Waals surface area contributed by atoms with E-state index in [1.165, 1.54) is 7.11 Å². The standard InChI is InChI=1S/C13H18ClNO3/c1-9(16)6-7-15(2)13(17)10-4-5-11(14)12(8-10)18-3/h4-5,8-9,16H,6-7H2,1-3H3. The molecule has 0 aliphatic rings. The zero-order chi connectivity index (χ0) is 13.7. The Morgan fingerprint density at radius 1 is 1.56 bits per heavy atom. The van der Waals surface area contributed by atoms with Crippen molar-refractivity contribution in [3.63, 3.8) is 0 Å². The van der Waals surface area contributed by atoms with Crippen molar-refractivity contribution in [2.45, 2.75) is 19.4 Å². The fourth-order valence-electron chi connectivity index (χ4n) is 1.50. The van der Waals surface area contributed by atoms with E-state index in [-0.39, 0.29) is 5.91 Å². The average molecular weight is 272 g/mol. The molecule has 0 aliphatic heterocycles. The van der Waals surface area contributed by atoms with E-state index in [1.54, 1.807) is 37.1 Å². The first kappa shape index (κ1) is 14.8. The van der Waals surface area contributed by atoms with Crippen LogP contribution in [0.2, 0.25) is 5.02 Å². The van der Waals surface area contributed by atoms with Crippen molar-refractivity contribution in [3.05, 3.63) is 28.8 Å². The van der Waals surface area contributed by atoms with E-state index >= 15 is 0 Å². The number of rotatable bonds is 5. The number of halogens is 1. The first-order chi connectivity index (χ1) is 8.45. The van der Waals surface area contributed by atoms with Gasteiger partial charge in [-0.3, -0.25) is 4.79 Å². The summed E-state index contributed by atoms with van der Waals surface area (Å²) in [5.74, 6) is 0.358. The summed E-state index contributed by atoms with van der Waals surface area (Å²) in [4.78, 5) is 13.6. The van der Waals surface area contributed by atoms with Gasteiger partial charge in [-0.05, 0) is 31.5 Å². The van der Waals surface area contributed by atoms with Gasteiger partial charge in [0.05, 0.1) is 18.2 Å². The Labute approximate surface area is 112 Å². The molecule has 1 amide bonds. The summed E-state index contributed by atoms with van der Waals surface area (Å²) < 4.78 is 5.07. The normalized spacial score (nSPS) is 12.1. The SMILES string of the molecule is COc1cc(C(=O)N(C)CCC(C)O)ccc1Cl. The van der Waals surface area contributed by atoms with Gasteiger partial charge < -0.3 is 14.7 Å². The Balaban J connectivity index is 2.77. The van der Waals surface area contributed by atoms with Crippen LogP contribution < -0.4 is 4.74 Å². The van der Waals surface area contributed by atoms with Gasteiger partial charge in [0.2, 0.25) is 0 Å². The second-order valence-corrected chi connectivity index (χ2v) is 4.62. The molecule has 0 saturated heterocycles. The third-order valence-electron chi connectivity index (χ3n) is 2.63. The summed E-state index contributed by atoms with van der Waals surface area (Å²) in [5.41, 5.74) is 0.518. The summed E-state index contributed by atoms with van der Waals surface area (Å²) in [6, 6.07) is 4.91. The molecule has 1 unspecified atom stereocenters. The highest BCUT2D eigenvalue weighted by atomic mass is 35.5. The molecule has 5 heteroatoms. The number of carbonyl (C=O) groups excluding carboxylic acids is 1. The zero-order valence-electron chi connectivity index (χ0n) is 10.8. The van der Waals surface area contributed by atoms with Crippen LogP contribution in [-0.2, 0) is 0 Å². The molecule has 0 heterocycles. The molecule has 100 valence electrons. The number of carbonyl (C=O) groups is 1. The molecule has 1 aromatic carbocycles. The lowest BCUT2D eigenvalue weighted by Crippen LogP contribution is -2.29. The molecule has 0 spiro atoms. The summed E-state index contributed by atoms with van der Waals surface area (Å²) in [6.45, 7) is 2.20. The number of benzene rings is 1. The van der Waals surface area contributed by atoms with Crippen LogP contribution in [0, 0.1) is 0 Å². The van der Waals surface area contributed by atoms with Crippen molar-refractivity contribution < 1.29 is 14.6 Å². The minimum Gasteiger partial charge on any atom is -0.495 e. The van der Waals surface area contributed by atoms with Crippen LogP contribution in [0.1, 0.15) is 23.7 Å². The van der Waals surface area contributed by atoms with Crippen LogP contribution in [0.15, 0.2) is 18.2 Å². The number of aliphatic hydroxyl groups is 1. The molecule has 1 atom stereocenters. The zero-order valence-corrected chi connectivity index (χ0v) is 11.6. The fourth-order valence-corrected chi connectivity index (χ4v) is 1.69. The van der Waals surface area contributed by atoms with Crippen LogP contribution in [0.25, 0.3) is 0 Å². The molecular formula is C13H18ClNO3. The number of hydrogen-bond donors (Lipinski definition) is 1. The third-order valence-corrected chi connectivity index (χ3v) is 2.94. The van der Waals surface area contributed by atoms with E-state index in [4.69, 9.17) is 16.3 Å². The Morgan fingerprint density at radius 2 is 2.22 bits per heavy atom. The van der Waals surface area contributed by atoms with Gasteiger partial charge in [0.15, 0.2) is 0 Å². The topological polar surface area (TPSA) is 49.8 Å². The fraction of sp³-hybridized carbons (Fsp3) is 0.462. The van der Waals surface area contributed by atoms with Gasteiger partial charge >= 0.3 is 0 Å². The number of aliphatic hydroxyl groups excluding tert-OH is 1. The molecule has 0 aliphatic carbocycles. The molecule has 0 fully saturated rings. The van der Waals surface area contributed by atoms with Crippen molar-refractivity contribution in [1.29, 1.82) is 0 Å². The minimum absolute atomic E-state index is 0.120. The van der Waals surface area contributed by atoms with E-state index in [1.807, 2.05) is 0 Å². The van der Waals surface area contributed by atoms with Crippen molar-refractivity contribution in [3.8, 4) is 5.75 Å². The van der Waals surface area contributed by atoms with Crippen LogP contribution in [0.5, 0.6) is 5.75 Å². The molecule has 1 rings (SSSR count). The molecule has 1 aromatic rings. The van der Waals surface area contributed by atoms with Gasteiger partial charge in [0.1, 0.15) is 5.75 Å². The molecule has 4 nitrogen and oxygen atoms in total. The van der Waals surface area contributed by atoms with Crippen molar-refractivity contribution in [1.82, 2.24) is 4.90 Å². The Bertz CT molecular complexity index is 421. The van der Waals surface area contributed by atoms with Gasteiger partial charge in [0, 0.05) is 19.2 Å². The number of nitrogens with zero attached hydrogens (tertiary/aromatic N) is 1. The van der Waals surface area contributed by atoms with Crippen LogP contribution in [-0.4, -0.2) is 42.7 Å². The molecule has 0 bridgehead atoms. The lowest BCUT2D eigenvalue weighted by molar-refractivity contribution is 0.0768. The third kappa shape index (κ3) is 3.89. The van der Waals surface area contributed by atoms with E-state index in [9.17, 15) is 9.90 Å². The molecule has 18 heavy (non-hydrogen) atoms. The predicted molar refractivity (Wildman–Crippen MR) is 71.3 cm³/mol. The van der Waals surface area contributed by atoms with Crippen LogP contribution in [0.3, 0.4) is 0 Å². The Morgan fingerprint density at radius 3 is 2.78 bits per heavy atom. The second kappa shape index (κ2) is 6.61. The lowest BCUT2D eigenvalue weighted by atomic mass is 10.2. The predicted octanol–water partition coefficient (Wildman–Crippen LogP) is 2.19. The largest absolute Gasteiger partial charge is 0.495 e. The van der Waals surface area contributed by atoms with Gasteiger partial charge in [-0.2, -0.15) is 0 Å². The molecule has 0 aromatic heterocycles. The summed E-state index contributed by atoms with van der Waals surface area (Å²) in [5, 5.41) is 9.67.